The van der Waals surface area contributed by atoms with Gasteiger partial charge in [-0.15, -0.1) is 11.3 Å². The number of anilines is 2. The first-order chi connectivity index (χ1) is 29.2. The third-order valence-corrected chi connectivity index (χ3v) is 18.6. The van der Waals surface area contributed by atoms with Crippen molar-refractivity contribution in [3.8, 4) is 23.7 Å². The summed E-state index contributed by atoms with van der Waals surface area (Å²) in [6.45, 7) is 12.6. The van der Waals surface area contributed by atoms with Crippen molar-refractivity contribution in [1.82, 2.24) is 30.0 Å². The molecule has 3 aliphatic rings. The molecule has 0 spiro atoms. The van der Waals surface area contributed by atoms with Crippen LogP contribution in [0.4, 0.5) is 15.3 Å². The summed E-state index contributed by atoms with van der Waals surface area (Å²) in [7, 11) is 0.424. The number of rotatable bonds is 11. The first kappa shape index (κ1) is 42.8. The number of aryl methyl sites for hydroxylation is 1. The second-order valence-corrected chi connectivity index (χ2v) is 23.0. The topological polar surface area (TPSA) is 171 Å². The van der Waals surface area contributed by atoms with Gasteiger partial charge in [-0.1, -0.05) is 86.6 Å². The van der Waals surface area contributed by atoms with E-state index in [1.807, 2.05) is 35.9 Å². The van der Waals surface area contributed by atoms with Crippen LogP contribution in [0.1, 0.15) is 75.8 Å². The Hall–Kier alpha value is -4.83. The number of hydrogen-bond donors (Lipinski definition) is 1. The molecule has 1 unspecified atom stereocenters. The van der Waals surface area contributed by atoms with E-state index >= 15 is 0 Å². The predicted molar refractivity (Wildman–Crippen MR) is 233 cm³/mol. The predicted octanol–water partition coefficient (Wildman–Crippen LogP) is 5.64. The molecule has 5 aromatic rings. The summed E-state index contributed by atoms with van der Waals surface area (Å²) in [5.74, 6) is 0.663. The lowest BCUT2D eigenvalue weighted by Crippen LogP contribution is -2.70. The van der Waals surface area contributed by atoms with Gasteiger partial charge >= 0.3 is 6.01 Å². The number of benzene rings is 2. The Bertz CT molecular complexity index is 2340. The number of nitrogens with zero attached hydrogens (tertiary/aromatic N) is 8. The van der Waals surface area contributed by atoms with Crippen molar-refractivity contribution < 1.29 is 27.6 Å². The second-order valence-electron chi connectivity index (χ2n) is 17.7. The Balaban J connectivity index is 1.20. The van der Waals surface area contributed by atoms with Crippen LogP contribution >= 0.6 is 11.3 Å². The van der Waals surface area contributed by atoms with Crippen molar-refractivity contribution >= 4 is 41.0 Å². The number of nitriles is 1. The Labute approximate surface area is 361 Å². The van der Waals surface area contributed by atoms with Crippen molar-refractivity contribution in [3.63, 3.8) is 0 Å². The molecule has 2 saturated heterocycles. The zero-order chi connectivity index (χ0) is 43.2. The standard InChI is InChI=1S/C44H54FN9O5SSi/c1-28(33-23-29(45)25-53(33)6)57-41-50-37(38-48-39(58-52-38)44(55-7)20-14-19-34-35(44)32(24-46)36(47)60-34)49-40(51-41)54-21-22-56-27-43(5,26-54)59-61(42(2,3)4,30-15-10-8-11-16-30)31-17-12-9-13-18-31/h8-13,15-18,28-29,33H,14,19-23,25-27,47H2,1-7H3/t28-,29+,33-,43-,44?/m0/s1. The van der Waals surface area contributed by atoms with Gasteiger partial charge in [-0.2, -0.15) is 25.2 Å². The van der Waals surface area contributed by atoms with Gasteiger partial charge in [0, 0.05) is 36.7 Å². The van der Waals surface area contributed by atoms with E-state index in [-0.39, 0.29) is 34.6 Å². The zero-order valence-electron chi connectivity index (χ0n) is 35.9. The number of nitrogens with two attached hydrogens (primary N) is 1. The summed E-state index contributed by atoms with van der Waals surface area (Å²) < 4.78 is 47.3. The van der Waals surface area contributed by atoms with Gasteiger partial charge in [0.25, 0.3) is 14.2 Å². The number of ether oxygens (including phenoxy) is 3. The third-order valence-electron chi connectivity index (χ3n) is 12.3. The zero-order valence-corrected chi connectivity index (χ0v) is 37.7. The molecule has 5 heterocycles. The van der Waals surface area contributed by atoms with Crippen molar-refractivity contribution in [1.29, 1.82) is 5.26 Å². The van der Waals surface area contributed by atoms with Crippen LogP contribution in [0.5, 0.6) is 6.01 Å². The largest absolute Gasteiger partial charge is 0.459 e. The molecule has 0 radical (unpaired) electrons. The number of halogens is 1. The lowest BCUT2D eigenvalue weighted by molar-refractivity contribution is -0.0178. The molecule has 8 rings (SSSR count). The summed E-state index contributed by atoms with van der Waals surface area (Å²) in [5.41, 5.74) is 5.30. The number of methoxy groups -OCH3 is 1. The number of likely N-dealkylation sites (tertiary alicyclic amines) is 1. The van der Waals surface area contributed by atoms with Gasteiger partial charge in [-0.3, -0.25) is 4.90 Å². The highest BCUT2D eigenvalue weighted by Gasteiger charge is 2.54. The molecule has 17 heteroatoms. The molecule has 0 bridgehead atoms. The summed E-state index contributed by atoms with van der Waals surface area (Å²) >= 11 is 1.38. The van der Waals surface area contributed by atoms with Crippen LogP contribution in [0.3, 0.4) is 0 Å². The molecular weight excluding hydrogens is 814 g/mol. The summed E-state index contributed by atoms with van der Waals surface area (Å²) in [6.07, 6.45) is 0.928. The van der Waals surface area contributed by atoms with E-state index in [0.717, 1.165) is 28.1 Å². The van der Waals surface area contributed by atoms with Crippen molar-refractivity contribution in [3.05, 3.63) is 82.6 Å². The Morgan fingerprint density at radius 2 is 1.75 bits per heavy atom. The van der Waals surface area contributed by atoms with E-state index in [2.05, 4.69) is 87.5 Å². The van der Waals surface area contributed by atoms with Crippen molar-refractivity contribution in [2.45, 2.75) is 94.9 Å². The van der Waals surface area contributed by atoms with Crippen LogP contribution in [0.25, 0.3) is 11.6 Å². The highest BCUT2D eigenvalue weighted by molar-refractivity contribution is 7.16. The summed E-state index contributed by atoms with van der Waals surface area (Å²) in [4.78, 5) is 24.4. The van der Waals surface area contributed by atoms with Crippen LogP contribution in [-0.4, -0.2) is 109 Å². The van der Waals surface area contributed by atoms with Gasteiger partial charge in [0.15, 0.2) is 5.60 Å². The summed E-state index contributed by atoms with van der Waals surface area (Å²) in [6, 6.07) is 23.2. The molecule has 5 atom stereocenters. The number of hydrogen-bond acceptors (Lipinski definition) is 15. The van der Waals surface area contributed by atoms with Crippen molar-refractivity contribution in [2.75, 3.05) is 57.6 Å². The molecule has 61 heavy (non-hydrogen) atoms. The molecule has 0 saturated carbocycles. The average molecular weight is 868 g/mol. The number of thiophene rings is 1. The molecule has 2 fully saturated rings. The van der Waals surface area contributed by atoms with Gasteiger partial charge in [0.1, 0.15) is 23.3 Å². The van der Waals surface area contributed by atoms with Crippen LogP contribution in [-0.2, 0) is 25.9 Å². The van der Waals surface area contributed by atoms with Gasteiger partial charge in [0.2, 0.25) is 17.6 Å². The van der Waals surface area contributed by atoms with Gasteiger partial charge in [-0.25, -0.2) is 4.39 Å². The smallest absolute Gasteiger partial charge is 0.322 e. The number of nitrogen functional groups attached to an aromatic ring is 1. The molecule has 2 aromatic carbocycles. The van der Waals surface area contributed by atoms with E-state index in [1.54, 1.807) is 7.11 Å². The van der Waals surface area contributed by atoms with Crippen LogP contribution in [0.15, 0.2) is 65.2 Å². The number of fused-ring (bicyclic) bond motifs is 1. The monoisotopic (exact) mass is 867 g/mol. The molecule has 0 amide bonds. The second kappa shape index (κ2) is 16.8. The van der Waals surface area contributed by atoms with Crippen molar-refractivity contribution in [2.24, 2.45) is 0 Å². The quantitative estimate of drug-likeness (QED) is 0.162. The Morgan fingerprint density at radius 3 is 2.38 bits per heavy atom. The number of aromatic nitrogens is 5. The fraction of sp³-hybridized carbons (Fsp3) is 0.500. The minimum atomic E-state index is -3.03. The lowest BCUT2D eigenvalue weighted by Gasteiger charge is -2.48. The van der Waals surface area contributed by atoms with E-state index in [9.17, 15) is 9.65 Å². The first-order valence-corrected chi connectivity index (χ1v) is 23.5. The molecule has 3 aromatic heterocycles. The van der Waals surface area contributed by atoms with E-state index in [1.165, 1.54) is 11.3 Å². The molecular formula is C44H54FN9O5SSi. The average Bonchev–Trinajstić information content (AvgIpc) is 3.93. The van der Waals surface area contributed by atoms with E-state index in [0.29, 0.717) is 67.8 Å². The molecule has 2 N–H and O–H groups in total. The maximum Gasteiger partial charge on any atom is 0.322 e. The Morgan fingerprint density at radius 1 is 1.05 bits per heavy atom. The minimum Gasteiger partial charge on any atom is -0.459 e. The molecule has 14 nitrogen and oxygen atoms in total. The Kier molecular flexibility index (Phi) is 11.8. The third kappa shape index (κ3) is 7.94. The van der Waals surface area contributed by atoms with Gasteiger partial charge in [0.05, 0.1) is 30.9 Å². The number of likely N-dealkylation sites (N-methyl/N-ethyl adjacent to an activating group) is 1. The first-order valence-electron chi connectivity index (χ1n) is 20.8. The molecule has 322 valence electrons. The molecule has 2 aliphatic heterocycles. The van der Waals surface area contributed by atoms with Gasteiger partial charge in [-0.05, 0) is 62.0 Å². The van der Waals surface area contributed by atoms with Crippen LogP contribution in [0.2, 0.25) is 5.04 Å². The fourth-order valence-electron chi connectivity index (χ4n) is 9.46. The van der Waals surface area contributed by atoms with Gasteiger partial charge < -0.3 is 33.8 Å². The van der Waals surface area contributed by atoms with Crippen LogP contribution in [0, 0.1) is 11.3 Å². The highest BCUT2D eigenvalue weighted by Crippen LogP contribution is 2.49. The van der Waals surface area contributed by atoms with Crippen LogP contribution < -0.4 is 25.7 Å². The normalized spacial score (nSPS) is 24.2. The minimum absolute atomic E-state index is 0.0353. The number of alkyl halides is 1. The SMILES string of the molecule is COC1(c2nc(-c3nc(O[C@@H](C)[C@@H]4C[C@@H](F)CN4C)nc(N4CCOC[C@@](C)(O[Si](c5ccccc5)(c5ccccc5)C(C)(C)C)C4)n3)no2)CCCc2sc(N)c(C#N)c21. The van der Waals surface area contributed by atoms with E-state index in [4.69, 9.17) is 48.8 Å². The van der Waals surface area contributed by atoms with E-state index < -0.39 is 31.8 Å². The maximum absolute atomic E-state index is 14.6. The maximum atomic E-state index is 14.6. The highest BCUT2D eigenvalue weighted by atomic mass is 32.1. The summed E-state index contributed by atoms with van der Waals surface area (Å²) in [5, 5.41) is 17.0. The molecule has 1 aliphatic carbocycles. The lowest BCUT2D eigenvalue weighted by atomic mass is 9.80. The fourth-order valence-corrected chi connectivity index (χ4v) is 15.4.